The molecule has 0 aromatic heterocycles. The summed E-state index contributed by atoms with van der Waals surface area (Å²) in [6, 6.07) is 8.33. The Kier molecular flexibility index (Phi) is 6.13. The smallest absolute Gasteiger partial charge is 0.241 e. The van der Waals surface area contributed by atoms with Crippen molar-refractivity contribution in [2.24, 2.45) is 0 Å². The van der Waals surface area contributed by atoms with Crippen molar-refractivity contribution in [2.45, 2.75) is 57.9 Å². The van der Waals surface area contributed by atoms with Gasteiger partial charge in [0.2, 0.25) is 5.91 Å². The highest BCUT2D eigenvalue weighted by Gasteiger charge is 2.22. The summed E-state index contributed by atoms with van der Waals surface area (Å²) < 4.78 is 0. The summed E-state index contributed by atoms with van der Waals surface area (Å²) in [7, 11) is 0. The Balaban J connectivity index is 1.55. The predicted octanol–water partition coefficient (Wildman–Crippen LogP) is 3.88. The number of hydrogen-bond donors (Lipinski definition) is 1. The van der Waals surface area contributed by atoms with E-state index in [0.29, 0.717) is 0 Å². The van der Waals surface area contributed by atoms with E-state index in [4.69, 9.17) is 0 Å². The third kappa shape index (κ3) is 4.50. The molecule has 2 aliphatic heterocycles. The first kappa shape index (κ1) is 17.3. The zero-order valence-electron chi connectivity index (χ0n) is 15.0. The van der Waals surface area contributed by atoms with Crippen LogP contribution in [-0.4, -0.2) is 43.0 Å². The fraction of sp³-hybridized carbons (Fsp3) is 0.650. The number of benzene rings is 1. The van der Waals surface area contributed by atoms with Crippen LogP contribution in [0, 0.1) is 0 Å². The lowest BCUT2D eigenvalue weighted by Crippen LogP contribution is -2.44. The molecule has 4 heteroatoms. The molecule has 1 N–H and O–H groups in total. The molecule has 1 unspecified atom stereocenters. The second-order valence-corrected chi connectivity index (χ2v) is 7.21. The van der Waals surface area contributed by atoms with Crippen LogP contribution >= 0.6 is 0 Å². The van der Waals surface area contributed by atoms with E-state index in [1.54, 1.807) is 0 Å². The van der Waals surface area contributed by atoms with Crippen molar-refractivity contribution >= 4 is 17.3 Å². The van der Waals surface area contributed by atoms with Crippen LogP contribution in [0.3, 0.4) is 0 Å². The molecule has 2 saturated heterocycles. The van der Waals surface area contributed by atoms with Crippen molar-refractivity contribution in [1.29, 1.82) is 0 Å². The van der Waals surface area contributed by atoms with E-state index >= 15 is 0 Å². The number of anilines is 2. The van der Waals surface area contributed by atoms with Crippen molar-refractivity contribution in [3.05, 3.63) is 24.3 Å². The molecule has 0 spiro atoms. The first-order valence-electron chi connectivity index (χ1n) is 9.64. The average Bonchev–Trinajstić information content (AvgIpc) is 2.92. The molecule has 132 valence electrons. The lowest BCUT2D eigenvalue weighted by atomic mass is 10.1. The van der Waals surface area contributed by atoms with E-state index in [1.165, 1.54) is 50.6 Å². The van der Waals surface area contributed by atoms with Gasteiger partial charge in [-0.25, -0.2) is 0 Å². The van der Waals surface area contributed by atoms with Crippen molar-refractivity contribution in [3.8, 4) is 0 Å². The van der Waals surface area contributed by atoms with Crippen LogP contribution in [0.1, 0.15) is 51.9 Å². The van der Waals surface area contributed by atoms with Gasteiger partial charge in [0.15, 0.2) is 0 Å². The van der Waals surface area contributed by atoms with Crippen LogP contribution in [0.4, 0.5) is 11.4 Å². The van der Waals surface area contributed by atoms with Crippen molar-refractivity contribution in [1.82, 2.24) is 4.90 Å². The number of rotatable bonds is 4. The molecule has 0 saturated carbocycles. The fourth-order valence-corrected chi connectivity index (χ4v) is 3.80. The zero-order chi connectivity index (χ0) is 16.8. The topological polar surface area (TPSA) is 35.6 Å². The van der Waals surface area contributed by atoms with E-state index in [1.807, 2.05) is 19.1 Å². The highest BCUT2D eigenvalue weighted by atomic mass is 16.2. The van der Waals surface area contributed by atoms with Crippen molar-refractivity contribution in [3.63, 3.8) is 0 Å². The van der Waals surface area contributed by atoms with Crippen LogP contribution in [0.2, 0.25) is 0 Å². The lowest BCUT2D eigenvalue weighted by molar-refractivity contribution is -0.121. The monoisotopic (exact) mass is 329 g/mol. The van der Waals surface area contributed by atoms with Gasteiger partial charge in [-0.2, -0.15) is 0 Å². The van der Waals surface area contributed by atoms with Crippen LogP contribution in [0.5, 0.6) is 0 Å². The molecule has 1 aromatic rings. The number of likely N-dealkylation sites (tertiary alicyclic amines) is 1. The maximum Gasteiger partial charge on any atom is 0.241 e. The molecule has 1 amide bonds. The predicted molar refractivity (Wildman–Crippen MR) is 101 cm³/mol. The summed E-state index contributed by atoms with van der Waals surface area (Å²) >= 11 is 0. The SMILES string of the molecule is CC(C(=O)Nc1ccc(N2CCCCCC2)cc1)N1CCCCC1. The third-order valence-corrected chi connectivity index (χ3v) is 5.42. The van der Waals surface area contributed by atoms with Crippen LogP contribution in [-0.2, 0) is 4.79 Å². The minimum absolute atomic E-state index is 0.0458. The number of piperidine rings is 1. The van der Waals surface area contributed by atoms with Crippen molar-refractivity contribution in [2.75, 3.05) is 36.4 Å². The fourth-order valence-electron chi connectivity index (χ4n) is 3.80. The van der Waals surface area contributed by atoms with E-state index in [-0.39, 0.29) is 11.9 Å². The van der Waals surface area contributed by atoms with E-state index in [2.05, 4.69) is 27.2 Å². The Hall–Kier alpha value is -1.55. The Labute approximate surface area is 146 Å². The zero-order valence-corrected chi connectivity index (χ0v) is 15.0. The van der Waals surface area contributed by atoms with Gasteiger partial charge in [-0.15, -0.1) is 0 Å². The van der Waals surface area contributed by atoms with Crippen molar-refractivity contribution < 1.29 is 4.79 Å². The highest BCUT2D eigenvalue weighted by Crippen LogP contribution is 2.22. The van der Waals surface area contributed by atoms with Crippen LogP contribution in [0.15, 0.2) is 24.3 Å². The summed E-state index contributed by atoms with van der Waals surface area (Å²) in [5, 5.41) is 3.08. The molecule has 2 aliphatic rings. The first-order chi connectivity index (χ1) is 11.7. The molecule has 2 fully saturated rings. The lowest BCUT2D eigenvalue weighted by Gasteiger charge is -2.31. The number of amides is 1. The van der Waals surface area contributed by atoms with Crippen LogP contribution in [0.25, 0.3) is 0 Å². The minimum Gasteiger partial charge on any atom is -0.372 e. The highest BCUT2D eigenvalue weighted by molar-refractivity contribution is 5.94. The number of hydrogen-bond acceptors (Lipinski definition) is 3. The Morgan fingerprint density at radius 2 is 1.42 bits per heavy atom. The van der Waals surface area contributed by atoms with Gasteiger partial charge in [-0.3, -0.25) is 9.69 Å². The summed E-state index contributed by atoms with van der Waals surface area (Å²) in [6.45, 7) is 6.41. The Morgan fingerprint density at radius 3 is 2.04 bits per heavy atom. The Bertz CT molecular complexity index is 514. The summed E-state index contributed by atoms with van der Waals surface area (Å²) in [4.78, 5) is 17.2. The molecular weight excluding hydrogens is 298 g/mol. The molecule has 24 heavy (non-hydrogen) atoms. The number of nitrogens with one attached hydrogen (secondary N) is 1. The molecule has 0 radical (unpaired) electrons. The maximum absolute atomic E-state index is 12.5. The molecule has 2 heterocycles. The van der Waals surface area contributed by atoms with E-state index in [9.17, 15) is 4.79 Å². The van der Waals surface area contributed by atoms with Gasteiger partial charge in [0.1, 0.15) is 0 Å². The standard InChI is InChI=1S/C20H31N3O/c1-17(22-13-7-4-8-14-22)20(24)21-18-9-11-19(12-10-18)23-15-5-2-3-6-16-23/h9-12,17H,2-8,13-16H2,1H3,(H,21,24). The quantitative estimate of drug-likeness (QED) is 0.910. The van der Waals surface area contributed by atoms with Gasteiger partial charge in [-0.05, 0) is 70.0 Å². The number of nitrogens with zero attached hydrogens (tertiary/aromatic N) is 2. The summed E-state index contributed by atoms with van der Waals surface area (Å²) in [5.41, 5.74) is 2.18. The summed E-state index contributed by atoms with van der Waals surface area (Å²) in [6.07, 6.45) is 8.98. The van der Waals surface area contributed by atoms with E-state index < -0.39 is 0 Å². The second-order valence-electron chi connectivity index (χ2n) is 7.21. The van der Waals surface area contributed by atoms with Gasteiger partial charge in [-0.1, -0.05) is 19.3 Å². The Morgan fingerprint density at radius 1 is 0.875 bits per heavy atom. The molecule has 3 rings (SSSR count). The largest absolute Gasteiger partial charge is 0.372 e. The maximum atomic E-state index is 12.5. The minimum atomic E-state index is -0.0458. The van der Waals surface area contributed by atoms with Gasteiger partial charge in [0.25, 0.3) is 0 Å². The summed E-state index contributed by atoms with van der Waals surface area (Å²) in [5.74, 6) is 0.111. The van der Waals surface area contributed by atoms with Crippen LogP contribution < -0.4 is 10.2 Å². The molecular formula is C20H31N3O. The van der Waals surface area contributed by atoms with Gasteiger partial charge < -0.3 is 10.2 Å². The first-order valence-corrected chi connectivity index (χ1v) is 9.64. The molecule has 0 bridgehead atoms. The average molecular weight is 329 g/mol. The molecule has 1 atom stereocenters. The second kappa shape index (κ2) is 8.52. The normalized spacial score (nSPS) is 21.1. The molecule has 0 aliphatic carbocycles. The van der Waals surface area contributed by atoms with Gasteiger partial charge in [0.05, 0.1) is 6.04 Å². The molecule has 4 nitrogen and oxygen atoms in total. The van der Waals surface area contributed by atoms with E-state index in [0.717, 1.165) is 31.9 Å². The van der Waals surface area contributed by atoms with Gasteiger partial charge >= 0.3 is 0 Å². The number of carbonyl (C=O) groups is 1. The van der Waals surface area contributed by atoms with Gasteiger partial charge in [0, 0.05) is 24.5 Å². The third-order valence-electron chi connectivity index (χ3n) is 5.42. The number of carbonyl (C=O) groups excluding carboxylic acids is 1. The molecule has 1 aromatic carbocycles.